The molecule has 6 nitrogen and oxygen atoms in total. The maximum atomic E-state index is 13.5. The SMILES string of the molecule is CC(=O)Nc1cc(C(=O)NC2(C(=O)O)CCC2)ccc1F. The number of carbonyl (C=O) groups excluding carboxylic acids is 2. The highest BCUT2D eigenvalue weighted by Gasteiger charge is 2.45. The van der Waals surface area contributed by atoms with Gasteiger partial charge in [0.15, 0.2) is 0 Å². The van der Waals surface area contributed by atoms with Gasteiger partial charge in [-0.05, 0) is 37.5 Å². The Morgan fingerprint density at radius 1 is 1.29 bits per heavy atom. The monoisotopic (exact) mass is 294 g/mol. The number of hydrogen-bond acceptors (Lipinski definition) is 3. The molecule has 0 unspecified atom stereocenters. The number of amides is 2. The summed E-state index contributed by atoms with van der Waals surface area (Å²) in [4.78, 5) is 34.3. The lowest BCUT2D eigenvalue weighted by atomic mass is 9.76. The number of hydrogen-bond donors (Lipinski definition) is 3. The Balaban J connectivity index is 2.19. The first-order valence-corrected chi connectivity index (χ1v) is 6.47. The van der Waals surface area contributed by atoms with Gasteiger partial charge in [-0.15, -0.1) is 0 Å². The van der Waals surface area contributed by atoms with Gasteiger partial charge in [0.1, 0.15) is 11.4 Å². The number of aliphatic carboxylic acids is 1. The van der Waals surface area contributed by atoms with E-state index in [1.165, 1.54) is 19.1 Å². The predicted molar refractivity (Wildman–Crippen MR) is 72.4 cm³/mol. The van der Waals surface area contributed by atoms with Crippen molar-refractivity contribution in [2.24, 2.45) is 0 Å². The standard InChI is InChI=1S/C14H15FN2O4/c1-8(18)16-11-7-9(3-4-10(11)15)12(19)17-14(13(20)21)5-2-6-14/h3-4,7H,2,5-6H2,1H3,(H,16,18)(H,17,19)(H,20,21). The van der Waals surface area contributed by atoms with E-state index in [-0.39, 0.29) is 11.3 Å². The van der Waals surface area contributed by atoms with Crippen molar-refractivity contribution in [3.05, 3.63) is 29.6 Å². The molecule has 0 atom stereocenters. The molecule has 7 heteroatoms. The summed E-state index contributed by atoms with van der Waals surface area (Å²) in [7, 11) is 0. The molecule has 1 aromatic rings. The van der Waals surface area contributed by atoms with E-state index in [0.29, 0.717) is 12.8 Å². The largest absolute Gasteiger partial charge is 0.480 e. The second-order valence-electron chi connectivity index (χ2n) is 5.07. The Bertz CT molecular complexity index is 611. The smallest absolute Gasteiger partial charge is 0.329 e. The zero-order valence-electron chi connectivity index (χ0n) is 11.4. The average Bonchev–Trinajstić information content (AvgIpc) is 2.35. The van der Waals surface area contributed by atoms with Crippen LogP contribution in [0.1, 0.15) is 36.5 Å². The first-order valence-electron chi connectivity index (χ1n) is 6.47. The normalized spacial score (nSPS) is 15.7. The lowest BCUT2D eigenvalue weighted by molar-refractivity contribution is -0.148. The first kappa shape index (κ1) is 15.0. The van der Waals surface area contributed by atoms with Gasteiger partial charge < -0.3 is 15.7 Å². The number of anilines is 1. The fourth-order valence-electron chi connectivity index (χ4n) is 2.16. The summed E-state index contributed by atoms with van der Waals surface area (Å²) >= 11 is 0. The Labute approximate surface area is 120 Å². The Morgan fingerprint density at radius 3 is 2.43 bits per heavy atom. The highest BCUT2D eigenvalue weighted by molar-refractivity contribution is 5.99. The number of halogens is 1. The summed E-state index contributed by atoms with van der Waals surface area (Å²) < 4.78 is 13.5. The van der Waals surface area contributed by atoms with Crippen molar-refractivity contribution >= 4 is 23.5 Å². The molecule has 0 saturated heterocycles. The van der Waals surface area contributed by atoms with E-state index in [9.17, 15) is 18.8 Å². The van der Waals surface area contributed by atoms with E-state index >= 15 is 0 Å². The maximum Gasteiger partial charge on any atom is 0.329 e. The molecule has 1 fully saturated rings. The Hall–Kier alpha value is -2.44. The summed E-state index contributed by atoms with van der Waals surface area (Å²) in [6.07, 6.45) is 1.47. The third kappa shape index (κ3) is 3.01. The molecule has 0 aliphatic heterocycles. The zero-order chi connectivity index (χ0) is 15.6. The van der Waals surface area contributed by atoms with Crippen molar-refractivity contribution in [3.63, 3.8) is 0 Å². The molecule has 21 heavy (non-hydrogen) atoms. The molecule has 0 aromatic heterocycles. The van der Waals surface area contributed by atoms with Crippen LogP contribution in [0.5, 0.6) is 0 Å². The van der Waals surface area contributed by atoms with Crippen LogP contribution >= 0.6 is 0 Å². The van der Waals surface area contributed by atoms with Gasteiger partial charge in [0, 0.05) is 12.5 Å². The van der Waals surface area contributed by atoms with Crippen LogP contribution in [0.4, 0.5) is 10.1 Å². The predicted octanol–water partition coefficient (Wildman–Crippen LogP) is 1.52. The summed E-state index contributed by atoms with van der Waals surface area (Å²) in [5, 5.41) is 13.9. The van der Waals surface area contributed by atoms with E-state index in [0.717, 1.165) is 12.5 Å². The third-order valence-corrected chi connectivity index (χ3v) is 3.51. The van der Waals surface area contributed by atoms with E-state index < -0.39 is 29.1 Å². The number of carboxylic acid groups (broad SMARTS) is 1. The topological polar surface area (TPSA) is 95.5 Å². The van der Waals surface area contributed by atoms with E-state index in [1.54, 1.807) is 0 Å². The number of carbonyl (C=O) groups is 3. The molecule has 2 amide bonds. The van der Waals surface area contributed by atoms with Crippen LogP contribution < -0.4 is 10.6 Å². The summed E-state index contributed by atoms with van der Waals surface area (Å²) in [5.41, 5.74) is -1.26. The second-order valence-corrected chi connectivity index (χ2v) is 5.07. The second kappa shape index (κ2) is 5.51. The molecule has 1 aliphatic carbocycles. The maximum absolute atomic E-state index is 13.5. The Morgan fingerprint density at radius 2 is 1.95 bits per heavy atom. The van der Waals surface area contributed by atoms with E-state index in [4.69, 9.17) is 5.11 Å². The van der Waals surface area contributed by atoms with Gasteiger partial charge in [0.2, 0.25) is 5.91 Å². The number of carboxylic acids is 1. The van der Waals surface area contributed by atoms with Crippen LogP contribution in [0.2, 0.25) is 0 Å². The van der Waals surface area contributed by atoms with Crippen LogP contribution in [0.25, 0.3) is 0 Å². The van der Waals surface area contributed by atoms with Crippen LogP contribution in [-0.4, -0.2) is 28.4 Å². The molecule has 3 N–H and O–H groups in total. The fraction of sp³-hybridized carbons (Fsp3) is 0.357. The molecule has 0 bridgehead atoms. The number of benzene rings is 1. The molecule has 1 aliphatic rings. The molecule has 1 saturated carbocycles. The summed E-state index contributed by atoms with van der Waals surface area (Å²) in [6, 6.07) is 3.47. The highest BCUT2D eigenvalue weighted by atomic mass is 19.1. The van der Waals surface area contributed by atoms with E-state index in [2.05, 4.69) is 10.6 Å². The average molecular weight is 294 g/mol. The van der Waals surface area contributed by atoms with Gasteiger partial charge in [-0.1, -0.05) is 0 Å². The summed E-state index contributed by atoms with van der Waals surface area (Å²) in [5.74, 6) is -2.82. The van der Waals surface area contributed by atoms with Crippen molar-refractivity contribution < 1.29 is 23.9 Å². The molecular formula is C14H15FN2O4. The molecule has 1 aromatic carbocycles. The van der Waals surface area contributed by atoms with Crippen LogP contribution in [0, 0.1) is 5.82 Å². The molecular weight excluding hydrogens is 279 g/mol. The Kier molecular flexibility index (Phi) is 3.93. The minimum Gasteiger partial charge on any atom is -0.480 e. The molecule has 0 spiro atoms. The summed E-state index contributed by atoms with van der Waals surface area (Å²) in [6.45, 7) is 1.22. The molecule has 0 heterocycles. The minimum atomic E-state index is -1.24. The highest BCUT2D eigenvalue weighted by Crippen LogP contribution is 2.32. The lowest BCUT2D eigenvalue weighted by Crippen LogP contribution is -2.59. The quantitative estimate of drug-likeness (QED) is 0.784. The van der Waals surface area contributed by atoms with Crippen LogP contribution in [0.15, 0.2) is 18.2 Å². The number of rotatable bonds is 4. The van der Waals surface area contributed by atoms with Gasteiger partial charge in [0.05, 0.1) is 5.69 Å². The fourth-order valence-corrected chi connectivity index (χ4v) is 2.16. The van der Waals surface area contributed by atoms with Gasteiger partial charge in [-0.25, -0.2) is 9.18 Å². The van der Waals surface area contributed by atoms with Crippen molar-refractivity contribution in [1.29, 1.82) is 0 Å². The van der Waals surface area contributed by atoms with Crippen LogP contribution in [-0.2, 0) is 9.59 Å². The third-order valence-electron chi connectivity index (χ3n) is 3.51. The van der Waals surface area contributed by atoms with Gasteiger partial charge in [-0.2, -0.15) is 0 Å². The van der Waals surface area contributed by atoms with Gasteiger partial charge in [-0.3, -0.25) is 9.59 Å². The molecule has 2 rings (SSSR count). The van der Waals surface area contributed by atoms with Crippen LogP contribution in [0.3, 0.4) is 0 Å². The molecule has 0 radical (unpaired) electrons. The zero-order valence-corrected chi connectivity index (χ0v) is 11.4. The van der Waals surface area contributed by atoms with Gasteiger partial charge >= 0.3 is 5.97 Å². The lowest BCUT2D eigenvalue weighted by Gasteiger charge is -2.38. The molecule has 112 valence electrons. The van der Waals surface area contributed by atoms with Crippen molar-refractivity contribution in [1.82, 2.24) is 5.32 Å². The van der Waals surface area contributed by atoms with Gasteiger partial charge in [0.25, 0.3) is 5.91 Å². The van der Waals surface area contributed by atoms with Crippen molar-refractivity contribution in [2.45, 2.75) is 31.7 Å². The van der Waals surface area contributed by atoms with E-state index in [1.807, 2.05) is 0 Å². The van der Waals surface area contributed by atoms with Crippen molar-refractivity contribution in [3.8, 4) is 0 Å². The number of nitrogens with one attached hydrogen (secondary N) is 2. The first-order chi connectivity index (χ1) is 9.84. The minimum absolute atomic E-state index is 0.0904. The van der Waals surface area contributed by atoms with Crippen molar-refractivity contribution in [2.75, 3.05) is 5.32 Å².